The van der Waals surface area contributed by atoms with Crippen LogP contribution in [0.25, 0.3) is 16.8 Å². The molecule has 10 heteroatoms. The Morgan fingerprint density at radius 3 is 2.53 bits per heavy atom. The molecule has 0 aliphatic heterocycles. The first-order valence-electron chi connectivity index (χ1n) is 8.79. The quantitative estimate of drug-likeness (QED) is 0.504. The predicted molar refractivity (Wildman–Crippen MR) is 106 cm³/mol. The third-order valence-electron chi connectivity index (χ3n) is 4.31. The summed E-state index contributed by atoms with van der Waals surface area (Å²) in [4.78, 5) is 32.7. The van der Waals surface area contributed by atoms with Gasteiger partial charge in [-0.3, -0.25) is 14.8 Å². The normalized spacial score (nSPS) is 10.4. The Bertz CT molecular complexity index is 1190. The Labute approximate surface area is 170 Å². The fourth-order valence-electron chi connectivity index (χ4n) is 2.90. The third-order valence-corrected chi connectivity index (χ3v) is 4.31. The van der Waals surface area contributed by atoms with Crippen LogP contribution in [0.2, 0.25) is 0 Å². The number of anilines is 1. The highest BCUT2D eigenvalue weighted by molar-refractivity contribution is 6.04. The number of esters is 1. The number of amides is 1. The average Bonchev–Trinajstić information content (AvgIpc) is 3.34. The van der Waals surface area contributed by atoms with E-state index in [0.29, 0.717) is 33.6 Å². The van der Waals surface area contributed by atoms with Gasteiger partial charge in [0.1, 0.15) is 6.33 Å². The maximum atomic E-state index is 12.5. The minimum atomic E-state index is -0.495. The molecule has 1 N–H and O–H groups in total. The SMILES string of the molecule is COC(=O)c1ccncc1-c1ccc(NC(=O)c2ccncc2)cc1-n1cnnn1. The van der Waals surface area contributed by atoms with Crippen molar-refractivity contribution < 1.29 is 14.3 Å². The summed E-state index contributed by atoms with van der Waals surface area (Å²) in [6.45, 7) is 0. The summed E-state index contributed by atoms with van der Waals surface area (Å²) in [5.41, 5.74) is 3.06. The van der Waals surface area contributed by atoms with E-state index in [1.165, 1.54) is 24.3 Å². The maximum Gasteiger partial charge on any atom is 0.338 e. The van der Waals surface area contributed by atoms with Crippen molar-refractivity contribution in [2.45, 2.75) is 0 Å². The molecule has 0 spiro atoms. The number of rotatable bonds is 5. The first-order valence-corrected chi connectivity index (χ1v) is 8.79. The molecule has 3 aromatic heterocycles. The highest BCUT2D eigenvalue weighted by atomic mass is 16.5. The Morgan fingerprint density at radius 1 is 1.00 bits per heavy atom. The Balaban J connectivity index is 1.78. The van der Waals surface area contributed by atoms with E-state index in [1.54, 1.807) is 55.0 Å². The van der Waals surface area contributed by atoms with Crippen LogP contribution in [-0.2, 0) is 4.74 Å². The molecule has 0 unspecified atom stereocenters. The van der Waals surface area contributed by atoms with Crippen LogP contribution in [0.5, 0.6) is 0 Å². The molecule has 3 heterocycles. The standard InChI is InChI=1S/C20H15N7O3/c1-30-20(29)16-6-9-22-11-17(16)15-3-2-14(10-18(15)27-12-23-25-26-27)24-19(28)13-4-7-21-8-5-13/h2-12H,1H3,(H,24,28). The van der Waals surface area contributed by atoms with Crippen LogP contribution in [0.1, 0.15) is 20.7 Å². The smallest absolute Gasteiger partial charge is 0.338 e. The van der Waals surface area contributed by atoms with Gasteiger partial charge in [0, 0.05) is 47.2 Å². The Kier molecular flexibility index (Phi) is 5.20. The number of methoxy groups -OCH3 is 1. The molecular formula is C20H15N7O3. The summed E-state index contributed by atoms with van der Waals surface area (Å²) in [7, 11) is 1.31. The molecule has 0 atom stereocenters. The van der Waals surface area contributed by atoms with Gasteiger partial charge in [-0.2, -0.15) is 4.68 Å². The molecule has 0 radical (unpaired) electrons. The van der Waals surface area contributed by atoms with Gasteiger partial charge >= 0.3 is 5.97 Å². The number of tetrazole rings is 1. The number of carbonyl (C=O) groups excluding carboxylic acids is 2. The summed E-state index contributed by atoms with van der Waals surface area (Å²) < 4.78 is 6.31. The molecule has 0 aliphatic carbocycles. The Hall–Kier alpha value is -4.47. The van der Waals surface area contributed by atoms with Crippen molar-refractivity contribution in [2.75, 3.05) is 12.4 Å². The van der Waals surface area contributed by atoms with Gasteiger partial charge in [0.15, 0.2) is 0 Å². The fourth-order valence-corrected chi connectivity index (χ4v) is 2.90. The number of nitrogens with zero attached hydrogens (tertiary/aromatic N) is 6. The van der Waals surface area contributed by atoms with E-state index in [1.807, 2.05) is 0 Å². The maximum absolute atomic E-state index is 12.5. The molecule has 4 rings (SSSR count). The van der Waals surface area contributed by atoms with Crippen LogP contribution in [0.3, 0.4) is 0 Å². The second-order valence-corrected chi connectivity index (χ2v) is 6.09. The van der Waals surface area contributed by atoms with Crippen LogP contribution in [0.15, 0.2) is 67.5 Å². The van der Waals surface area contributed by atoms with E-state index in [0.717, 1.165) is 0 Å². The van der Waals surface area contributed by atoms with Gasteiger partial charge in [-0.25, -0.2) is 4.79 Å². The number of aromatic nitrogens is 6. The molecule has 148 valence electrons. The summed E-state index contributed by atoms with van der Waals surface area (Å²) in [6.07, 6.45) is 7.57. The third kappa shape index (κ3) is 3.74. The number of hydrogen-bond donors (Lipinski definition) is 1. The lowest BCUT2D eigenvalue weighted by molar-refractivity contribution is 0.0601. The van der Waals surface area contributed by atoms with Crippen LogP contribution in [0.4, 0.5) is 5.69 Å². The highest BCUT2D eigenvalue weighted by Gasteiger charge is 2.18. The van der Waals surface area contributed by atoms with Gasteiger partial charge in [0.25, 0.3) is 5.91 Å². The van der Waals surface area contributed by atoms with Gasteiger partial charge in [0.05, 0.1) is 18.4 Å². The molecular weight excluding hydrogens is 386 g/mol. The molecule has 4 aromatic rings. The van der Waals surface area contributed by atoms with Crippen molar-refractivity contribution in [3.05, 3.63) is 78.6 Å². The molecule has 1 aromatic carbocycles. The first-order chi connectivity index (χ1) is 14.7. The molecule has 0 aliphatic rings. The van der Waals surface area contributed by atoms with Crippen molar-refractivity contribution in [3.63, 3.8) is 0 Å². The fraction of sp³-hybridized carbons (Fsp3) is 0.0500. The van der Waals surface area contributed by atoms with Gasteiger partial charge in [0.2, 0.25) is 0 Å². The first kappa shape index (κ1) is 18.9. The number of benzene rings is 1. The predicted octanol–water partition coefficient (Wildman–Crippen LogP) is 2.16. The summed E-state index contributed by atoms with van der Waals surface area (Å²) in [5.74, 6) is -0.783. The van der Waals surface area contributed by atoms with Crippen molar-refractivity contribution in [1.29, 1.82) is 0 Å². The summed E-state index contributed by atoms with van der Waals surface area (Å²) >= 11 is 0. The minimum absolute atomic E-state index is 0.288. The molecule has 1 amide bonds. The van der Waals surface area contributed by atoms with E-state index in [9.17, 15) is 9.59 Å². The summed E-state index contributed by atoms with van der Waals surface area (Å²) in [6, 6.07) is 9.98. The number of carbonyl (C=O) groups is 2. The van der Waals surface area contributed by atoms with E-state index < -0.39 is 5.97 Å². The highest BCUT2D eigenvalue weighted by Crippen LogP contribution is 2.31. The minimum Gasteiger partial charge on any atom is -0.465 e. The van der Waals surface area contributed by atoms with E-state index >= 15 is 0 Å². The van der Waals surface area contributed by atoms with Crippen LogP contribution >= 0.6 is 0 Å². The van der Waals surface area contributed by atoms with Crippen molar-refractivity contribution in [2.24, 2.45) is 0 Å². The zero-order valence-electron chi connectivity index (χ0n) is 15.8. The summed E-state index contributed by atoms with van der Waals surface area (Å²) in [5, 5.41) is 14.1. The number of hydrogen-bond acceptors (Lipinski definition) is 8. The second-order valence-electron chi connectivity index (χ2n) is 6.09. The van der Waals surface area contributed by atoms with Crippen molar-refractivity contribution in [3.8, 4) is 16.8 Å². The molecule has 30 heavy (non-hydrogen) atoms. The second kappa shape index (κ2) is 8.27. The van der Waals surface area contributed by atoms with Crippen LogP contribution in [0, 0.1) is 0 Å². The largest absolute Gasteiger partial charge is 0.465 e. The number of pyridine rings is 2. The molecule has 10 nitrogen and oxygen atoms in total. The molecule has 0 saturated carbocycles. The van der Waals surface area contributed by atoms with E-state index in [2.05, 4.69) is 30.8 Å². The molecule has 0 bridgehead atoms. The lowest BCUT2D eigenvalue weighted by Gasteiger charge is -2.14. The lowest BCUT2D eigenvalue weighted by Crippen LogP contribution is -2.12. The number of ether oxygens (including phenoxy) is 1. The lowest BCUT2D eigenvalue weighted by atomic mass is 9.99. The van der Waals surface area contributed by atoms with Crippen molar-refractivity contribution >= 4 is 17.6 Å². The topological polar surface area (TPSA) is 125 Å². The molecule has 0 saturated heterocycles. The van der Waals surface area contributed by atoms with E-state index in [4.69, 9.17) is 4.74 Å². The molecule has 0 fully saturated rings. The number of nitrogens with one attached hydrogen (secondary N) is 1. The van der Waals surface area contributed by atoms with Gasteiger partial charge in [-0.1, -0.05) is 6.07 Å². The zero-order valence-corrected chi connectivity index (χ0v) is 15.8. The van der Waals surface area contributed by atoms with Crippen molar-refractivity contribution in [1.82, 2.24) is 30.2 Å². The van der Waals surface area contributed by atoms with Gasteiger partial charge in [-0.05, 0) is 40.8 Å². The average molecular weight is 401 g/mol. The van der Waals surface area contributed by atoms with E-state index in [-0.39, 0.29) is 5.91 Å². The monoisotopic (exact) mass is 401 g/mol. The Morgan fingerprint density at radius 2 is 1.80 bits per heavy atom. The van der Waals surface area contributed by atoms with Crippen LogP contribution in [-0.4, -0.2) is 49.2 Å². The van der Waals surface area contributed by atoms with Crippen LogP contribution < -0.4 is 5.32 Å². The van der Waals surface area contributed by atoms with Gasteiger partial charge < -0.3 is 10.1 Å². The van der Waals surface area contributed by atoms with Gasteiger partial charge in [-0.15, -0.1) is 5.10 Å². The zero-order chi connectivity index (χ0) is 20.9.